The summed E-state index contributed by atoms with van der Waals surface area (Å²) in [5.74, 6) is -3.63. The minimum absolute atomic E-state index is 0.00489. The first kappa shape index (κ1) is 15.6. The van der Waals surface area contributed by atoms with Gasteiger partial charge in [-0.2, -0.15) is 0 Å². The van der Waals surface area contributed by atoms with Crippen LogP contribution in [0.5, 0.6) is 0 Å². The minimum Gasteiger partial charge on any atom is -0.419 e. The van der Waals surface area contributed by atoms with Gasteiger partial charge in [-0.1, -0.05) is 23.2 Å². The van der Waals surface area contributed by atoms with Crippen molar-refractivity contribution in [1.82, 2.24) is 0 Å². The smallest absolute Gasteiger partial charge is 0.350 e. The van der Waals surface area contributed by atoms with Gasteiger partial charge in [0, 0.05) is 20.0 Å². The molecule has 1 aromatic carbocycles. The number of carbonyl (C=O) groups is 2. The summed E-state index contributed by atoms with van der Waals surface area (Å²) in [5, 5.41) is 2.56. The molecule has 0 aliphatic carbocycles. The van der Waals surface area contributed by atoms with Crippen LogP contribution in [0.3, 0.4) is 0 Å². The highest BCUT2D eigenvalue weighted by molar-refractivity contribution is 6.39. The number of rotatable bonds is 2. The third-order valence-electron chi connectivity index (χ3n) is 2.48. The molecule has 0 atom stereocenters. The van der Waals surface area contributed by atoms with E-state index in [2.05, 4.69) is 5.32 Å². The highest BCUT2D eigenvalue weighted by Crippen LogP contribution is 2.32. The van der Waals surface area contributed by atoms with E-state index in [1.807, 2.05) is 0 Å². The van der Waals surface area contributed by atoms with E-state index in [0.717, 1.165) is 18.3 Å². The maximum atomic E-state index is 13.1. The summed E-state index contributed by atoms with van der Waals surface area (Å²) in [4.78, 5) is 23.4. The summed E-state index contributed by atoms with van der Waals surface area (Å²) < 4.78 is 22.9. The fourth-order valence-corrected chi connectivity index (χ4v) is 2.17. The van der Waals surface area contributed by atoms with Crippen LogP contribution < -0.4 is 5.32 Å². The van der Waals surface area contributed by atoms with E-state index in [1.54, 1.807) is 0 Å². The van der Waals surface area contributed by atoms with Crippen molar-refractivity contribution in [2.75, 3.05) is 5.32 Å². The number of esters is 2. The van der Waals surface area contributed by atoms with Crippen molar-refractivity contribution in [3.63, 3.8) is 0 Å². The molecule has 1 heterocycles. The third-order valence-corrected chi connectivity index (χ3v) is 3.08. The van der Waals surface area contributed by atoms with Crippen molar-refractivity contribution in [2.24, 2.45) is 0 Å². The zero-order chi connectivity index (χ0) is 15.8. The van der Waals surface area contributed by atoms with E-state index in [1.165, 1.54) is 13.8 Å². The molecule has 0 aromatic heterocycles. The number of benzene rings is 1. The molecule has 21 heavy (non-hydrogen) atoms. The molecule has 1 N–H and O–H groups in total. The Morgan fingerprint density at radius 3 is 2.10 bits per heavy atom. The standard InChI is InChI=1S/C13H10Cl2FNO4/c1-13(2)20-11(18)7(12(19)21-13)5-17-10-8(14)3-6(16)4-9(10)15/h3-5,17H,1-2H3. The van der Waals surface area contributed by atoms with Gasteiger partial charge in [0.05, 0.1) is 15.7 Å². The Bertz CT molecular complexity index is 613. The highest BCUT2D eigenvalue weighted by atomic mass is 35.5. The second-order valence-electron chi connectivity index (χ2n) is 4.63. The van der Waals surface area contributed by atoms with Gasteiger partial charge in [-0.3, -0.25) is 0 Å². The van der Waals surface area contributed by atoms with Gasteiger partial charge in [0.1, 0.15) is 5.82 Å². The Hall–Kier alpha value is -1.79. The van der Waals surface area contributed by atoms with Gasteiger partial charge < -0.3 is 14.8 Å². The summed E-state index contributed by atoms with van der Waals surface area (Å²) in [5.41, 5.74) is -0.205. The van der Waals surface area contributed by atoms with E-state index in [-0.39, 0.29) is 21.3 Å². The molecule has 112 valence electrons. The highest BCUT2D eigenvalue weighted by Gasteiger charge is 2.39. The first-order chi connectivity index (χ1) is 9.69. The summed E-state index contributed by atoms with van der Waals surface area (Å²) in [6, 6.07) is 2.07. The van der Waals surface area contributed by atoms with Crippen molar-refractivity contribution < 1.29 is 23.5 Å². The van der Waals surface area contributed by atoms with Gasteiger partial charge in [0.15, 0.2) is 5.57 Å². The average Bonchev–Trinajstić information content (AvgIpc) is 2.29. The maximum absolute atomic E-state index is 13.1. The van der Waals surface area contributed by atoms with Crippen LogP contribution in [0.4, 0.5) is 10.1 Å². The van der Waals surface area contributed by atoms with Crippen LogP contribution in [0.2, 0.25) is 10.0 Å². The van der Waals surface area contributed by atoms with Gasteiger partial charge in [0.25, 0.3) is 5.79 Å². The largest absolute Gasteiger partial charge is 0.419 e. The van der Waals surface area contributed by atoms with Gasteiger partial charge in [-0.15, -0.1) is 0 Å². The molecule has 1 fully saturated rings. The Kier molecular flexibility index (Phi) is 4.11. The van der Waals surface area contributed by atoms with Crippen LogP contribution in [0.25, 0.3) is 0 Å². The van der Waals surface area contributed by atoms with E-state index in [4.69, 9.17) is 32.7 Å². The molecule has 0 unspecified atom stereocenters. The Morgan fingerprint density at radius 1 is 1.14 bits per heavy atom. The van der Waals surface area contributed by atoms with Crippen molar-refractivity contribution in [3.05, 3.63) is 39.8 Å². The monoisotopic (exact) mass is 333 g/mol. The quantitative estimate of drug-likeness (QED) is 0.511. The number of hydrogen-bond acceptors (Lipinski definition) is 5. The van der Waals surface area contributed by atoms with Crippen LogP contribution in [-0.4, -0.2) is 17.7 Å². The van der Waals surface area contributed by atoms with Crippen LogP contribution in [-0.2, 0) is 19.1 Å². The Morgan fingerprint density at radius 2 is 1.62 bits per heavy atom. The normalized spacial score (nSPS) is 17.1. The second-order valence-corrected chi connectivity index (χ2v) is 5.44. The van der Waals surface area contributed by atoms with E-state index >= 15 is 0 Å². The number of carbonyl (C=O) groups excluding carboxylic acids is 2. The predicted molar refractivity (Wildman–Crippen MR) is 74.4 cm³/mol. The molecule has 2 rings (SSSR count). The van der Waals surface area contributed by atoms with E-state index in [0.29, 0.717) is 0 Å². The van der Waals surface area contributed by atoms with E-state index < -0.39 is 23.5 Å². The van der Waals surface area contributed by atoms with Gasteiger partial charge in [0.2, 0.25) is 0 Å². The number of cyclic esters (lactones) is 2. The average molecular weight is 334 g/mol. The molecular formula is C13H10Cl2FNO4. The van der Waals surface area contributed by atoms with Gasteiger partial charge in [-0.25, -0.2) is 14.0 Å². The number of nitrogens with one attached hydrogen (secondary N) is 1. The number of halogens is 3. The summed E-state index contributed by atoms with van der Waals surface area (Å²) in [6.45, 7) is 2.86. The summed E-state index contributed by atoms with van der Waals surface area (Å²) in [7, 11) is 0. The topological polar surface area (TPSA) is 64.6 Å². The molecule has 0 amide bonds. The van der Waals surface area contributed by atoms with E-state index in [9.17, 15) is 14.0 Å². The fourth-order valence-electron chi connectivity index (χ4n) is 1.60. The van der Waals surface area contributed by atoms with Crippen molar-refractivity contribution in [1.29, 1.82) is 0 Å². The fraction of sp³-hybridized carbons (Fsp3) is 0.231. The molecular weight excluding hydrogens is 324 g/mol. The number of ether oxygens (including phenoxy) is 2. The Balaban J connectivity index is 2.26. The zero-order valence-corrected chi connectivity index (χ0v) is 12.5. The van der Waals surface area contributed by atoms with Crippen molar-refractivity contribution in [2.45, 2.75) is 19.6 Å². The van der Waals surface area contributed by atoms with Gasteiger partial charge >= 0.3 is 11.9 Å². The molecule has 0 radical (unpaired) electrons. The molecule has 0 bridgehead atoms. The predicted octanol–water partition coefficient (Wildman–Crippen LogP) is 3.26. The lowest BCUT2D eigenvalue weighted by molar-refractivity contribution is -0.222. The number of anilines is 1. The molecule has 0 spiro atoms. The lowest BCUT2D eigenvalue weighted by Gasteiger charge is -2.29. The van der Waals surface area contributed by atoms with Crippen LogP contribution in [0, 0.1) is 5.82 Å². The second kappa shape index (κ2) is 5.54. The van der Waals surface area contributed by atoms with Gasteiger partial charge in [-0.05, 0) is 12.1 Å². The molecule has 5 nitrogen and oxygen atoms in total. The third kappa shape index (κ3) is 3.46. The first-order valence-corrected chi connectivity index (χ1v) is 6.53. The molecule has 8 heteroatoms. The Labute approximate surface area is 129 Å². The molecule has 1 saturated heterocycles. The van der Waals surface area contributed by atoms with Crippen LogP contribution in [0.1, 0.15) is 13.8 Å². The van der Waals surface area contributed by atoms with Crippen molar-refractivity contribution >= 4 is 40.8 Å². The molecule has 1 aromatic rings. The molecule has 1 aliphatic heterocycles. The first-order valence-electron chi connectivity index (χ1n) is 5.77. The zero-order valence-electron chi connectivity index (χ0n) is 11.0. The molecule has 1 aliphatic rings. The van der Waals surface area contributed by atoms with Crippen LogP contribution >= 0.6 is 23.2 Å². The van der Waals surface area contributed by atoms with Crippen molar-refractivity contribution in [3.8, 4) is 0 Å². The lowest BCUT2D eigenvalue weighted by Crippen LogP contribution is -2.42. The summed E-state index contributed by atoms with van der Waals surface area (Å²) >= 11 is 11.6. The number of hydrogen-bond donors (Lipinski definition) is 1. The minimum atomic E-state index is -1.32. The summed E-state index contributed by atoms with van der Waals surface area (Å²) in [6.07, 6.45) is 1.05. The van der Waals surface area contributed by atoms with Crippen LogP contribution in [0.15, 0.2) is 23.9 Å². The maximum Gasteiger partial charge on any atom is 0.350 e. The SMILES string of the molecule is CC1(C)OC(=O)C(=CNc2c(Cl)cc(F)cc2Cl)C(=O)O1. The molecule has 0 saturated carbocycles. The lowest BCUT2D eigenvalue weighted by atomic mass is 10.2.